The van der Waals surface area contributed by atoms with E-state index >= 15 is 0 Å². The third-order valence-corrected chi connectivity index (χ3v) is 4.38. The molecular formula is C20H18BrNO3. The van der Waals surface area contributed by atoms with Gasteiger partial charge in [0.05, 0.1) is 12.2 Å². The molecule has 0 spiro atoms. The number of hydrogen-bond acceptors (Lipinski definition) is 4. The van der Waals surface area contributed by atoms with Crippen LogP contribution in [0.25, 0.3) is 6.08 Å². The predicted molar refractivity (Wildman–Crippen MR) is 103 cm³/mol. The first kappa shape index (κ1) is 17.4. The SMILES string of the molecule is CN(C)c1ccc(C=C2C(=O)c3ccccc3C2=O)c(OCCBr)c1. The first-order valence-corrected chi connectivity index (χ1v) is 9.05. The lowest BCUT2D eigenvalue weighted by Crippen LogP contribution is -2.09. The summed E-state index contributed by atoms with van der Waals surface area (Å²) in [4.78, 5) is 27.1. The molecular weight excluding hydrogens is 382 g/mol. The van der Waals surface area contributed by atoms with Crippen molar-refractivity contribution >= 4 is 39.3 Å². The quantitative estimate of drug-likeness (QED) is 0.433. The zero-order chi connectivity index (χ0) is 18.0. The Hall–Kier alpha value is -2.40. The van der Waals surface area contributed by atoms with Gasteiger partial charge in [-0.05, 0) is 18.2 Å². The third kappa shape index (κ3) is 3.37. The number of ether oxygens (including phenoxy) is 1. The van der Waals surface area contributed by atoms with Gasteiger partial charge in [-0.15, -0.1) is 0 Å². The highest BCUT2D eigenvalue weighted by Gasteiger charge is 2.32. The summed E-state index contributed by atoms with van der Waals surface area (Å²) in [5, 5.41) is 0.693. The van der Waals surface area contributed by atoms with E-state index in [1.807, 2.05) is 37.2 Å². The molecule has 0 amide bonds. The third-order valence-electron chi connectivity index (χ3n) is 4.05. The Morgan fingerprint density at radius 1 is 1.04 bits per heavy atom. The number of carbonyl (C=O) groups is 2. The van der Waals surface area contributed by atoms with Gasteiger partial charge in [0.15, 0.2) is 11.6 Å². The molecule has 25 heavy (non-hydrogen) atoms. The minimum Gasteiger partial charge on any atom is -0.492 e. The Balaban J connectivity index is 2.04. The summed E-state index contributed by atoms with van der Waals surface area (Å²) in [5.41, 5.74) is 2.82. The molecule has 0 aromatic heterocycles. The van der Waals surface area contributed by atoms with Crippen molar-refractivity contribution in [2.24, 2.45) is 0 Å². The standard InChI is InChI=1S/C20H18BrNO3/c1-22(2)14-8-7-13(18(12-14)25-10-9-21)11-17-19(23)15-5-3-4-6-16(15)20(17)24/h3-8,11-12H,9-10H2,1-2H3. The van der Waals surface area contributed by atoms with Gasteiger partial charge in [-0.3, -0.25) is 9.59 Å². The summed E-state index contributed by atoms with van der Waals surface area (Å²) < 4.78 is 5.79. The maximum absolute atomic E-state index is 12.6. The van der Waals surface area contributed by atoms with Crippen LogP contribution < -0.4 is 9.64 Å². The topological polar surface area (TPSA) is 46.6 Å². The van der Waals surface area contributed by atoms with Gasteiger partial charge in [0.1, 0.15) is 5.75 Å². The van der Waals surface area contributed by atoms with E-state index in [2.05, 4.69) is 15.9 Å². The first-order valence-electron chi connectivity index (χ1n) is 7.93. The molecule has 0 saturated carbocycles. The number of nitrogens with zero attached hydrogens (tertiary/aromatic N) is 1. The summed E-state index contributed by atoms with van der Waals surface area (Å²) in [7, 11) is 3.89. The van der Waals surface area contributed by atoms with Gasteiger partial charge in [-0.2, -0.15) is 0 Å². The van der Waals surface area contributed by atoms with E-state index in [4.69, 9.17) is 4.74 Å². The van der Waals surface area contributed by atoms with Crippen molar-refractivity contribution in [3.05, 3.63) is 64.7 Å². The van der Waals surface area contributed by atoms with Crippen LogP contribution >= 0.6 is 15.9 Å². The summed E-state index contributed by atoms with van der Waals surface area (Å²) in [6, 6.07) is 12.6. The highest BCUT2D eigenvalue weighted by atomic mass is 79.9. The summed E-state index contributed by atoms with van der Waals surface area (Å²) in [6.07, 6.45) is 1.63. The number of Topliss-reactive ketones (excluding diaryl/α,β-unsaturated/α-hetero) is 2. The molecule has 0 N–H and O–H groups in total. The Kier molecular flexibility index (Phi) is 5.04. The number of ketones is 2. The second-order valence-electron chi connectivity index (χ2n) is 5.92. The van der Waals surface area contributed by atoms with E-state index in [0.29, 0.717) is 28.8 Å². The highest BCUT2D eigenvalue weighted by Crippen LogP contribution is 2.31. The van der Waals surface area contributed by atoms with Crippen molar-refractivity contribution in [1.29, 1.82) is 0 Å². The van der Waals surface area contributed by atoms with Crippen LogP contribution in [-0.2, 0) is 0 Å². The number of allylic oxidation sites excluding steroid dienone is 1. The minimum absolute atomic E-state index is 0.183. The Bertz CT molecular complexity index is 834. The van der Waals surface area contributed by atoms with Crippen LogP contribution in [0.4, 0.5) is 5.69 Å². The molecule has 0 atom stereocenters. The van der Waals surface area contributed by atoms with Gasteiger partial charge in [0, 0.05) is 47.9 Å². The van der Waals surface area contributed by atoms with Crippen molar-refractivity contribution in [2.45, 2.75) is 0 Å². The van der Waals surface area contributed by atoms with Crippen LogP contribution in [0.1, 0.15) is 26.3 Å². The number of anilines is 1. The molecule has 1 aliphatic carbocycles. The van der Waals surface area contributed by atoms with Crippen LogP contribution in [0.15, 0.2) is 48.0 Å². The van der Waals surface area contributed by atoms with Crippen molar-refractivity contribution in [2.75, 3.05) is 30.9 Å². The summed E-state index contributed by atoms with van der Waals surface area (Å²) >= 11 is 3.35. The monoisotopic (exact) mass is 399 g/mol. The van der Waals surface area contributed by atoms with Gasteiger partial charge in [0.2, 0.25) is 0 Å². The molecule has 2 aromatic rings. The number of halogens is 1. The van der Waals surface area contributed by atoms with E-state index in [0.717, 1.165) is 11.3 Å². The van der Waals surface area contributed by atoms with Crippen LogP contribution in [-0.4, -0.2) is 37.6 Å². The Labute approximate surface area is 155 Å². The van der Waals surface area contributed by atoms with Crippen molar-refractivity contribution < 1.29 is 14.3 Å². The molecule has 4 nitrogen and oxygen atoms in total. The average Bonchev–Trinajstić information content (AvgIpc) is 2.86. The largest absolute Gasteiger partial charge is 0.492 e. The molecule has 128 valence electrons. The molecule has 5 heteroatoms. The fourth-order valence-electron chi connectivity index (χ4n) is 2.75. The Morgan fingerprint density at radius 2 is 1.68 bits per heavy atom. The van der Waals surface area contributed by atoms with Crippen LogP contribution in [0.2, 0.25) is 0 Å². The van der Waals surface area contributed by atoms with Crippen LogP contribution in [0.3, 0.4) is 0 Å². The smallest absolute Gasteiger partial charge is 0.197 e. The van der Waals surface area contributed by atoms with E-state index < -0.39 is 0 Å². The molecule has 2 aromatic carbocycles. The second kappa shape index (κ2) is 7.23. The predicted octanol–water partition coefficient (Wildman–Crippen LogP) is 3.99. The molecule has 0 bridgehead atoms. The molecule has 0 radical (unpaired) electrons. The fraction of sp³-hybridized carbons (Fsp3) is 0.200. The van der Waals surface area contributed by atoms with Gasteiger partial charge in [-0.1, -0.05) is 40.2 Å². The minimum atomic E-state index is -0.233. The van der Waals surface area contributed by atoms with Crippen LogP contribution in [0, 0.1) is 0 Å². The number of benzene rings is 2. The summed E-state index contributed by atoms with van der Waals surface area (Å²) in [5.74, 6) is 0.183. The van der Waals surface area contributed by atoms with E-state index in [-0.39, 0.29) is 17.1 Å². The lowest BCUT2D eigenvalue weighted by Gasteiger charge is -2.16. The highest BCUT2D eigenvalue weighted by molar-refractivity contribution is 9.09. The molecule has 1 aliphatic rings. The number of carbonyl (C=O) groups excluding carboxylic acids is 2. The maximum atomic E-state index is 12.6. The number of fused-ring (bicyclic) bond motifs is 1. The lowest BCUT2D eigenvalue weighted by molar-refractivity contribution is 0.0990. The fourth-order valence-corrected chi connectivity index (χ4v) is 2.91. The summed E-state index contributed by atoms with van der Waals surface area (Å²) in [6.45, 7) is 0.495. The second-order valence-corrected chi connectivity index (χ2v) is 6.71. The average molecular weight is 400 g/mol. The van der Waals surface area contributed by atoms with Gasteiger partial charge in [0.25, 0.3) is 0 Å². The van der Waals surface area contributed by atoms with Gasteiger partial charge >= 0.3 is 0 Å². The molecule has 0 saturated heterocycles. The lowest BCUT2D eigenvalue weighted by atomic mass is 10.1. The Morgan fingerprint density at radius 3 is 2.24 bits per heavy atom. The van der Waals surface area contributed by atoms with E-state index in [9.17, 15) is 9.59 Å². The van der Waals surface area contributed by atoms with Crippen LogP contribution in [0.5, 0.6) is 5.75 Å². The molecule has 0 heterocycles. The zero-order valence-corrected chi connectivity index (χ0v) is 15.7. The number of rotatable bonds is 5. The number of hydrogen-bond donors (Lipinski definition) is 0. The van der Waals surface area contributed by atoms with E-state index in [1.54, 1.807) is 30.3 Å². The van der Waals surface area contributed by atoms with Gasteiger partial charge in [-0.25, -0.2) is 0 Å². The van der Waals surface area contributed by atoms with Crippen molar-refractivity contribution in [1.82, 2.24) is 0 Å². The molecule has 3 rings (SSSR count). The molecule has 0 unspecified atom stereocenters. The zero-order valence-electron chi connectivity index (χ0n) is 14.1. The number of alkyl halides is 1. The first-order chi connectivity index (χ1) is 12.0. The normalized spacial score (nSPS) is 13.0. The molecule has 0 fully saturated rings. The van der Waals surface area contributed by atoms with Crippen molar-refractivity contribution in [3.63, 3.8) is 0 Å². The van der Waals surface area contributed by atoms with Crippen molar-refractivity contribution in [3.8, 4) is 5.75 Å². The molecule has 0 aliphatic heterocycles. The van der Waals surface area contributed by atoms with Gasteiger partial charge < -0.3 is 9.64 Å². The van der Waals surface area contributed by atoms with E-state index in [1.165, 1.54) is 0 Å². The maximum Gasteiger partial charge on any atom is 0.197 e.